The third kappa shape index (κ3) is 3.32. The fourth-order valence-corrected chi connectivity index (χ4v) is 4.22. The monoisotopic (exact) mass is 366 g/mol. The Morgan fingerprint density at radius 3 is 2.46 bits per heavy atom. The number of hydrogen-bond acceptors (Lipinski definition) is 4. The van der Waals surface area contributed by atoms with Gasteiger partial charge in [0.05, 0.1) is 27.1 Å². The number of carbonyl (C=O) groups excluding carboxylic acids is 1. The molecule has 1 heterocycles. The maximum absolute atomic E-state index is 12.2. The van der Waals surface area contributed by atoms with Crippen LogP contribution in [0.15, 0.2) is 48.5 Å². The molecule has 0 aliphatic heterocycles. The Hall–Kier alpha value is -2.73. The summed E-state index contributed by atoms with van der Waals surface area (Å²) in [7, 11) is 0. The summed E-state index contributed by atoms with van der Waals surface area (Å²) in [5.41, 5.74) is 2.83. The lowest BCUT2D eigenvalue weighted by Gasteiger charge is -2.31. The highest BCUT2D eigenvalue weighted by molar-refractivity contribution is 7.18. The molecule has 0 bridgehead atoms. The molecule has 2 atom stereocenters. The molecular weight excluding hydrogens is 348 g/mol. The van der Waals surface area contributed by atoms with E-state index < -0.39 is 17.8 Å². The molecule has 0 spiro atoms. The lowest BCUT2D eigenvalue weighted by atomic mass is 9.73. The third-order valence-electron chi connectivity index (χ3n) is 4.84. The number of para-hydroxylation sites is 1. The molecule has 1 aromatic heterocycles. The molecule has 1 fully saturated rings. The summed E-state index contributed by atoms with van der Waals surface area (Å²) < 4.78 is 1.18. The Morgan fingerprint density at radius 2 is 1.81 bits per heavy atom. The van der Waals surface area contributed by atoms with Crippen molar-refractivity contribution in [2.75, 3.05) is 5.32 Å². The molecule has 0 radical (unpaired) electrons. The van der Waals surface area contributed by atoms with Gasteiger partial charge in [-0.1, -0.05) is 24.3 Å². The molecule has 0 saturated heterocycles. The van der Waals surface area contributed by atoms with Gasteiger partial charge in [-0.05, 0) is 42.7 Å². The molecule has 132 valence electrons. The zero-order chi connectivity index (χ0) is 18.1. The number of benzene rings is 2. The van der Waals surface area contributed by atoms with Crippen LogP contribution in [0.2, 0.25) is 0 Å². The highest BCUT2D eigenvalue weighted by atomic mass is 32.1. The number of nitrogens with zero attached hydrogens (tertiary/aromatic N) is 1. The molecule has 3 aromatic rings. The highest BCUT2D eigenvalue weighted by Crippen LogP contribution is 2.35. The molecule has 1 aliphatic carbocycles. The molecule has 1 saturated carbocycles. The van der Waals surface area contributed by atoms with E-state index in [-0.39, 0.29) is 5.91 Å². The average Bonchev–Trinajstić information content (AvgIpc) is 2.97. The van der Waals surface area contributed by atoms with Crippen LogP contribution >= 0.6 is 11.3 Å². The Bertz CT molecular complexity index is 932. The number of fused-ring (bicyclic) bond motifs is 1. The van der Waals surface area contributed by atoms with Crippen LogP contribution in [0.5, 0.6) is 0 Å². The largest absolute Gasteiger partial charge is 0.481 e. The fourth-order valence-electron chi connectivity index (χ4n) is 3.22. The predicted molar refractivity (Wildman–Crippen MR) is 101 cm³/mol. The van der Waals surface area contributed by atoms with Gasteiger partial charge in [0, 0.05) is 12.1 Å². The number of anilines is 1. The number of hydrogen-bond donors (Lipinski definition) is 2. The van der Waals surface area contributed by atoms with Gasteiger partial charge in [0.1, 0.15) is 0 Å². The minimum Gasteiger partial charge on any atom is -0.481 e. The summed E-state index contributed by atoms with van der Waals surface area (Å²) in [6.45, 7) is 0. The number of amides is 1. The Morgan fingerprint density at radius 1 is 1.08 bits per heavy atom. The molecule has 2 unspecified atom stereocenters. The van der Waals surface area contributed by atoms with E-state index in [0.29, 0.717) is 18.5 Å². The maximum atomic E-state index is 12.2. The molecule has 1 aliphatic rings. The lowest BCUT2D eigenvalue weighted by Crippen LogP contribution is -2.41. The summed E-state index contributed by atoms with van der Waals surface area (Å²) in [4.78, 5) is 27.9. The van der Waals surface area contributed by atoms with Crippen molar-refractivity contribution in [2.45, 2.75) is 19.3 Å². The number of carboxylic acid groups (broad SMARTS) is 1. The topological polar surface area (TPSA) is 79.3 Å². The van der Waals surface area contributed by atoms with Gasteiger partial charge in [-0.25, -0.2) is 4.98 Å². The van der Waals surface area contributed by atoms with E-state index >= 15 is 0 Å². The number of nitrogens with one attached hydrogen (secondary N) is 1. The predicted octanol–water partition coefficient (Wildman–Crippen LogP) is 3.94. The molecule has 5 nitrogen and oxygen atoms in total. The lowest BCUT2D eigenvalue weighted by molar-refractivity contribution is -0.151. The molecular formula is C20H18N2O3S. The molecule has 2 aromatic carbocycles. The van der Waals surface area contributed by atoms with Gasteiger partial charge in [0.2, 0.25) is 5.91 Å². The van der Waals surface area contributed by atoms with Gasteiger partial charge < -0.3 is 10.4 Å². The summed E-state index contributed by atoms with van der Waals surface area (Å²) in [6.07, 6.45) is 1.96. The first kappa shape index (κ1) is 16.7. The van der Waals surface area contributed by atoms with Gasteiger partial charge in [-0.15, -0.1) is 11.3 Å². The Kier molecular flexibility index (Phi) is 4.42. The van der Waals surface area contributed by atoms with Crippen LogP contribution in [0.4, 0.5) is 5.69 Å². The number of aliphatic carboxylic acids is 1. The number of thiazole rings is 1. The third-order valence-corrected chi connectivity index (χ3v) is 5.88. The van der Waals surface area contributed by atoms with Crippen LogP contribution in [0.25, 0.3) is 10.2 Å². The van der Waals surface area contributed by atoms with Crippen molar-refractivity contribution < 1.29 is 14.7 Å². The zero-order valence-corrected chi connectivity index (χ0v) is 14.8. The van der Waals surface area contributed by atoms with Crippen LogP contribution in [0.1, 0.15) is 23.4 Å². The zero-order valence-electron chi connectivity index (χ0n) is 14.0. The standard InChI is InChI=1S/C20H18N2O3S/c23-19(14-9-10-15(14)20(24)25)21-13-7-5-12(6-8-13)11-18-22-16-3-1-2-4-17(16)26-18/h1-8,14-15H,9-11H2,(H,21,23)(H,24,25). The second-order valence-corrected chi connectivity index (χ2v) is 7.68. The quantitative estimate of drug-likeness (QED) is 0.717. The minimum absolute atomic E-state index is 0.206. The molecule has 26 heavy (non-hydrogen) atoms. The number of aromatic nitrogens is 1. The summed E-state index contributed by atoms with van der Waals surface area (Å²) in [5.74, 6) is -2.06. The van der Waals surface area contributed by atoms with E-state index in [2.05, 4.69) is 16.4 Å². The highest BCUT2D eigenvalue weighted by Gasteiger charge is 2.41. The van der Waals surface area contributed by atoms with Gasteiger partial charge in [-0.2, -0.15) is 0 Å². The molecule has 1 amide bonds. The van der Waals surface area contributed by atoms with Crippen LogP contribution in [0.3, 0.4) is 0 Å². The van der Waals surface area contributed by atoms with E-state index in [9.17, 15) is 9.59 Å². The van der Waals surface area contributed by atoms with Gasteiger partial charge in [-0.3, -0.25) is 9.59 Å². The fraction of sp³-hybridized carbons (Fsp3) is 0.250. The van der Waals surface area contributed by atoms with Crippen LogP contribution in [-0.4, -0.2) is 22.0 Å². The minimum atomic E-state index is -0.886. The normalized spacial score (nSPS) is 19.1. The first-order valence-corrected chi connectivity index (χ1v) is 9.39. The number of rotatable bonds is 5. The van der Waals surface area contributed by atoms with E-state index in [1.807, 2.05) is 42.5 Å². The first-order chi connectivity index (χ1) is 12.6. The van der Waals surface area contributed by atoms with Crippen molar-refractivity contribution in [3.05, 3.63) is 59.1 Å². The van der Waals surface area contributed by atoms with Crippen molar-refractivity contribution in [2.24, 2.45) is 11.8 Å². The van der Waals surface area contributed by atoms with E-state index in [1.54, 1.807) is 11.3 Å². The summed E-state index contributed by atoms with van der Waals surface area (Å²) >= 11 is 1.69. The molecule has 6 heteroatoms. The maximum Gasteiger partial charge on any atom is 0.307 e. The summed E-state index contributed by atoms with van der Waals surface area (Å²) in [6, 6.07) is 15.7. The number of carbonyl (C=O) groups is 2. The van der Waals surface area contributed by atoms with Crippen LogP contribution < -0.4 is 5.32 Å². The summed E-state index contributed by atoms with van der Waals surface area (Å²) in [5, 5.41) is 12.9. The smallest absolute Gasteiger partial charge is 0.307 e. The van der Waals surface area contributed by atoms with Crippen LogP contribution in [0, 0.1) is 11.8 Å². The van der Waals surface area contributed by atoms with Crippen molar-refractivity contribution in [3.63, 3.8) is 0 Å². The molecule has 4 rings (SSSR count). The Labute approximate surface area is 154 Å². The van der Waals surface area contributed by atoms with Crippen molar-refractivity contribution in [1.29, 1.82) is 0 Å². The average molecular weight is 366 g/mol. The second kappa shape index (κ2) is 6.88. The van der Waals surface area contributed by atoms with Crippen molar-refractivity contribution >= 4 is 39.1 Å². The molecule has 2 N–H and O–H groups in total. The van der Waals surface area contributed by atoms with Gasteiger partial charge in [0.25, 0.3) is 0 Å². The van der Waals surface area contributed by atoms with E-state index in [1.165, 1.54) is 4.70 Å². The Balaban J connectivity index is 1.40. The van der Waals surface area contributed by atoms with Crippen molar-refractivity contribution in [3.8, 4) is 0 Å². The SMILES string of the molecule is O=C(O)C1CCC1C(=O)Nc1ccc(Cc2nc3ccccc3s2)cc1. The second-order valence-electron chi connectivity index (χ2n) is 6.57. The first-order valence-electron chi connectivity index (χ1n) is 8.57. The van der Waals surface area contributed by atoms with Crippen molar-refractivity contribution in [1.82, 2.24) is 4.98 Å². The number of carboxylic acids is 1. The van der Waals surface area contributed by atoms with Crippen LogP contribution in [-0.2, 0) is 16.0 Å². The van der Waals surface area contributed by atoms with E-state index in [4.69, 9.17) is 5.11 Å². The van der Waals surface area contributed by atoms with Gasteiger partial charge >= 0.3 is 5.97 Å². The van der Waals surface area contributed by atoms with Gasteiger partial charge in [0.15, 0.2) is 0 Å². The van der Waals surface area contributed by atoms with E-state index in [0.717, 1.165) is 22.5 Å².